The number of carbonyl (C=O) groups is 5. The molecule has 2 saturated heterocycles. The molecule has 63 heavy (non-hydrogen) atoms. The van der Waals surface area contributed by atoms with Crippen LogP contribution in [0.15, 0.2) is 127 Å². The van der Waals surface area contributed by atoms with Crippen LogP contribution in [0, 0.1) is 0 Å². The number of hydrogen-bond donors (Lipinski definition) is 3. The lowest BCUT2D eigenvalue weighted by molar-refractivity contribution is -0.143. The Balaban J connectivity index is 1.18. The summed E-state index contributed by atoms with van der Waals surface area (Å²) in [6.45, 7) is 11.1. The summed E-state index contributed by atoms with van der Waals surface area (Å²) in [5.41, 5.74) is 1.63. The van der Waals surface area contributed by atoms with Gasteiger partial charge in [-0.15, -0.1) is 0 Å². The maximum absolute atomic E-state index is 14.3. The highest BCUT2D eigenvalue weighted by atomic mass is 28.4. The minimum Gasteiger partial charge on any atom is -0.494 e. The van der Waals surface area contributed by atoms with Crippen LogP contribution >= 0.6 is 0 Å². The second-order valence-corrected chi connectivity index (χ2v) is 21.8. The Morgan fingerprint density at radius 1 is 0.746 bits per heavy atom. The van der Waals surface area contributed by atoms with Crippen LogP contribution in [-0.2, 0) is 41.2 Å². The lowest BCUT2D eigenvalue weighted by atomic mass is 10.00. The third-order valence-corrected chi connectivity index (χ3v) is 17.1. The fourth-order valence-corrected chi connectivity index (χ4v) is 13.4. The molecule has 0 bridgehead atoms. The Morgan fingerprint density at radius 2 is 1.29 bits per heavy atom. The smallest absolute Gasteiger partial charge is 0.262 e. The van der Waals surface area contributed by atoms with Crippen molar-refractivity contribution in [3.8, 4) is 5.75 Å². The third-order valence-electron chi connectivity index (χ3n) is 12.0. The first-order valence-corrected chi connectivity index (χ1v) is 24.2. The Kier molecular flexibility index (Phi) is 15.9. The number of ether oxygens (including phenoxy) is 1. The average molecular weight is 871 g/mol. The van der Waals surface area contributed by atoms with E-state index in [4.69, 9.17) is 9.16 Å². The highest BCUT2D eigenvalue weighted by Crippen LogP contribution is 2.37. The molecular weight excluding hydrogens is 809 g/mol. The first-order valence-electron chi connectivity index (χ1n) is 22.3. The Hall–Kier alpha value is -5.85. The molecule has 0 radical (unpaired) electrons. The molecule has 332 valence electrons. The predicted molar refractivity (Wildman–Crippen MR) is 248 cm³/mol. The molecule has 2 aliphatic heterocycles. The molecule has 11 nitrogen and oxygen atoms in total. The van der Waals surface area contributed by atoms with Gasteiger partial charge in [-0.05, 0) is 90.7 Å². The maximum atomic E-state index is 14.3. The van der Waals surface area contributed by atoms with Crippen LogP contribution in [0.2, 0.25) is 5.04 Å². The van der Waals surface area contributed by atoms with Gasteiger partial charge in [0.1, 0.15) is 36.0 Å². The summed E-state index contributed by atoms with van der Waals surface area (Å²) >= 11 is 0. The lowest BCUT2D eigenvalue weighted by Crippen LogP contribution is -2.68. The van der Waals surface area contributed by atoms with Crippen molar-refractivity contribution in [1.82, 2.24) is 20.9 Å². The Morgan fingerprint density at radius 3 is 1.89 bits per heavy atom. The van der Waals surface area contributed by atoms with Crippen LogP contribution < -0.4 is 31.1 Å². The van der Waals surface area contributed by atoms with Gasteiger partial charge in [0.2, 0.25) is 23.6 Å². The molecule has 5 atom stereocenters. The van der Waals surface area contributed by atoms with E-state index in [1.54, 1.807) is 24.0 Å². The van der Waals surface area contributed by atoms with E-state index < -0.39 is 56.3 Å². The molecule has 0 spiro atoms. The maximum Gasteiger partial charge on any atom is 0.262 e. The number of nitrogens with zero attached hydrogens (tertiary/aromatic N) is 1. The van der Waals surface area contributed by atoms with Crippen LogP contribution in [-0.4, -0.2) is 86.1 Å². The van der Waals surface area contributed by atoms with Crippen LogP contribution in [0.3, 0.4) is 0 Å². The molecule has 4 aromatic rings. The van der Waals surface area contributed by atoms with Crippen molar-refractivity contribution in [2.45, 2.75) is 115 Å². The number of hydrogen-bond acceptors (Lipinski definition) is 7. The summed E-state index contributed by atoms with van der Waals surface area (Å²) in [6.07, 6.45) is 5.16. The van der Waals surface area contributed by atoms with Crippen molar-refractivity contribution in [3.63, 3.8) is 0 Å². The zero-order valence-electron chi connectivity index (χ0n) is 37.2. The number of allylic oxidation sites excluding steroid dienone is 1. The van der Waals surface area contributed by atoms with Gasteiger partial charge in [-0.1, -0.05) is 130 Å². The van der Waals surface area contributed by atoms with Gasteiger partial charge in [0.15, 0.2) is 5.78 Å². The minimum absolute atomic E-state index is 0.141. The highest BCUT2D eigenvalue weighted by Gasteiger charge is 2.51. The van der Waals surface area contributed by atoms with Crippen LogP contribution in [0.4, 0.5) is 0 Å². The van der Waals surface area contributed by atoms with E-state index in [1.165, 1.54) is 0 Å². The number of benzene rings is 4. The van der Waals surface area contributed by atoms with Gasteiger partial charge in [-0.2, -0.15) is 0 Å². The molecule has 12 heteroatoms. The molecule has 0 aliphatic carbocycles. The summed E-state index contributed by atoms with van der Waals surface area (Å²) in [7, 11) is -2.96. The first-order chi connectivity index (χ1) is 30.3. The van der Waals surface area contributed by atoms with E-state index in [-0.39, 0.29) is 36.0 Å². The van der Waals surface area contributed by atoms with E-state index in [9.17, 15) is 24.0 Å². The molecule has 2 fully saturated rings. The topological polar surface area (TPSA) is 143 Å². The van der Waals surface area contributed by atoms with E-state index in [0.717, 1.165) is 21.5 Å². The zero-order chi connectivity index (χ0) is 45.0. The fraction of sp³-hybridized carbons (Fsp3) is 0.392. The molecule has 4 amide bonds. The Labute approximate surface area is 373 Å². The van der Waals surface area contributed by atoms with Gasteiger partial charge in [0, 0.05) is 19.4 Å². The standard InChI is InChI=1S/C51H62N4O7Si/c1-6-61-39-31-29-38(30-32-39)34-43-48(58)54-44(35-37-20-11-7-12-21-37)50(60)55-33-19-27-45(55)49(59)52-42(47(57)53-43)26-17-10-18-28-46(56)36(2)62-63(51(3,4)5,40-22-13-8-14-23-40)41-24-15-9-16-25-41/h7-9,11-16,18,20-25,28-32,36,42-45H,6,10,17,19,26-27,33-35H2,1-5H3,(H,52,59)(H,53,57)(H,54,58)/b28-18+/t36-,42+,43-,44+,45-/m1/s1. The van der Waals surface area contributed by atoms with Crippen molar-refractivity contribution in [3.05, 3.63) is 139 Å². The number of fused-ring (bicyclic) bond motifs is 1. The first kappa shape index (κ1) is 46.6. The number of nitrogens with one attached hydrogen (secondary N) is 3. The molecule has 0 aromatic heterocycles. The molecule has 3 N–H and O–H groups in total. The summed E-state index contributed by atoms with van der Waals surface area (Å²) < 4.78 is 12.6. The molecular formula is C51H62N4O7Si. The van der Waals surface area contributed by atoms with E-state index in [0.29, 0.717) is 44.6 Å². The predicted octanol–water partition coefficient (Wildman–Crippen LogP) is 5.59. The van der Waals surface area contributed by atoms with Crippen molar-refractivity contribution in [2.24, 2.45) is 0 Å². The van der Waals surface area contributed by atoms with Crippen LogP contribution in [0.25, 0.3) is 0 Å². The van der Waals surface area contributed by atoms with E-state index >= 15 is 0 Å². The molecule has 0 saturated carbocycles. The molecule has 2 aliphatic rings. The molecule has 2 heterocycles. The molecule has 6 rings (SSSR count). The van der Waals surface area contributed by atoms with Crippen molar-refractivity contribution in [1.29, 1.82) is 0 Å². The van der Waals surface area contributed by atoms with Crippen molar-refractivity contribution >= 4 is 48.1 Å². The highest BCUT2D eigenvalue weighted by molar-refractivity contribution is 6.99. The third kappa shape index (κ3) is 11.6. The second kappa shape index (κ2) is 21.5. The van der Waals surface area contributed by atoms with E-state index in [2.05, 4.69) is 61.0 Å². The molecule has 4 aromatic carbocycles. The number of ketones is 1. The summed E-state index contributed by atoms with van der Waals surface area (Å²) in [5.74, 6) is -1.23. The zero-order valence-corrected chi connectivity index (χ0v) is 38.2. The quantitative estimate of drug-likeness (QED) is 0.0758. The number of amides is 4. The van der Waals surface area contributed by atoms with Crippen molar-refractivity contribution in [2.75, 3.05) is 13.2 Å². The average Bonchev–Trinajstić information content (AvgIpc) is 3.78. The van der Waals surface area contributed by atoms with Gasteiger partial charge in [-0.3, -0.25) is 24.0 Å². The van der Waals surface area contributed by atoms with Crippen molar-refractivity contribution < 1.29 is 33.1 Å². The van der Waals surface area contributed by atoms with Gasteiger partial charge < -0.3 is 30.0 Å². The van der Waals surface area contributed by atoms with Gasteiger partial charge in [-0.25, -0.2) is 0 Å². The van der Waals surface area contributed by atoms with Gasteiger partial charge in [0.05, 0.1) is 6.61 Å². The second-order valence-electron chi connectivity index (χ2n) is 17.5. The monoisotopic (exact) mass is 870 g/mol. The normalized spacial score (nSPS) is 20.5. The lowest BCUT2D eigenvalue weighted by Gasteiger charge is -2.44. The SMILES string of the molecule is CCOc1ccc(C[C@H]2NC(=O)[C@H](CCC/C=C/C(=O)[C@@H](C)O[Si](c3ccccc3)(c3ccccc3)C(C)(C)C)NC(=O)[C@H]3CCCN3C(=O)[C@H](Cc3ccccc3)NC2=O)cc1. The van der Waals surface area contributed by atoms with Crippen LogP contribution in [0.1, 0.15) is 77.8 Å². The summed E-state index contributed by atoms with van der Waals surface area (Å²) in [6, 6.07) is 33.3. The van der Waals surface area contributed by atoms with E-state index in [1.807, 2.05) is 97.9 Å². The number of unbranched alkanes of at least 4 members (excludes halogenated alkanes) is 1. The molecule has 0 unspecified atom stereocenters. The summed E-state index contributed by atoms with van der Waals surface area (Å²) in [4.78, 5) is 71.9. The van der Waals surface area contributed by atoms with Gasteiger partial charge in [0.25, 0.3) is 8.32 Å². The number of carbonyl (C=O) groups excluding carboxylic acids is 5. The van der Waals surface area contributed by atoms with Crippen LogP contribution in [0.5, 0.6) is 5.75 Å². The Bertz CT molecular complexity index is 2160. The summed E-state index contributed by atoms with van der Waals surface area (Å²) in [5, 5.41) is 10.7. The number of rotatable bonds is 16. The largest absolute Gasteiger partial charge is 0.494 e. The fourth-order valence-electron chi connectivity index (χ4n) is 8.76. The minimum atomic E-state index is -2.96. The van der Waals surface area contributed by atoms with Gasteiger partial charge >= 0.3 is 0 Å².